The van der Waals surface area contributed by atoms with Crippen molar-refractivity contribution in [3.05, 3.63) is 0 Å². The zero-order chi connectivity index (χ0) is 7.44. The largest absolute Gasteiger partial charge is 0.387 e. The molecule has 5 heteroatoms. The number of hydrogen-bond donors (Lipinski definition) is 0. The first-order valence-corrected chi connectivity index (χ1v) is 2.27. The molecular formula is C5H6MnO4. The third-order valence-corrected chi connectivity index (χ3v) is 0.524. The predicted octanol–water partition coefficient (Wildman–Crippen LogP) is -0.337. The van der Waals surface area contributed by atoms with E-state index in [4.69, 9.17) is 0 Å². The number of carbonyl (C=O) groups is 3. The van der Waals surface area contributed by atoms with E-state index in [0.29, 0.717) is 0 Å². The van der Waals surface area contributed by atoms with Crippen LogP contribution in [0, 0.1) is 0 Å². The molecule has 0 aliphatic carbocycles. The van der Waals surface area contributed by atoms with Crippen LogP contribution in [-0.2, 0) is 36.2 Å². The van der Waals surface area contributed by atoms with Crippen LogP contribution in [0.25, 0.3) is 0 Å². The summed E-state index contributed by atoms with van der Waals surface area (Å²) in [4.78, 5) is 30.2. The van der Waals surface area contributed by atoms with E-state index in [2.05, 4.69) is 4.74 Å². The SMILES string of the molecule is CC(=O)OC(=O)C(C)=O.[Mn]. The van der Waals surface area contributed by atoms with Crippen molar-refractivity contribution in [2.24, 2.45) is 0 Å². The molecular weight excluding hydrogens is 179 g/mol. The first-order chi connectivity index (χ1) is 4.04. The van der Waals surface area contributed by atoms with Gasteiger partial charge in [0.2, 0.25) is 5.78 Å². The molecule has 0 saturated carbocycles. The summed E-state index contributed by atoms with van der Waals surface area (Å²) >= 11 is 0. The van der Waals surface area contributed by atoms with E-state index in [-0.39, 0.29) is 17.1 Å². The molecule has 0 fully saturated rings. The Labute approximate surface area is 68.4 Å². The molecule has 0 amide bonds. The monoisotopic (exact) mass is 185 g/mol. The maximum absolute atomic E-state index is 10.2. The molecule has 0 heterocycles. The molecule has 0 aromatic carbocycles. The normalized spacial score (nSPS) is 7.40. The Bertz CT molecular complexity index is 163. The molecule has 0 aromatic rings. The van der Waals surface area contributed by atoms with E-state index in [9.17, 15) is 14.4 Å². The molecule has 0 saturated heterocycles. The fourth-order valence-electron chi connectivity index (χ4n) is 0.202. The third-order valence-electron chi connectivity index (χ3n) is 0.524. The molecule has 1 radical (unpaired) electrons. The molecule has 0 spiro atoms. The summed E-state index contributed by atoms with van der Waals surface area (Å²) in [6.45, 7) is 2.09. The number of ketones is 1. The first-order valence-electron chi connectivity index (χ1n) is 2.27. The van der Waals surface area contributed by atoms with Gasteiger partial charge in [-0.15, -0.1) is 0 Å². The number of Topliss-reactive ketones (excluding diaryl/α,β-unsaturated/α-hetero) is 1. The van der Waals surface area contributed by atoms with Crippen LogP contribution in [0.4, 0.5) is 0 Å². The van der Waals surface area contributed by atoms with Gasteiger partial charge in [0.1, 0.15) is 0 Å². The van der Waals surface area contributed by atoms with Crippen molar-refractivity contribution < 1.29 is 36.2 Å². The number of ether oxygens (including phenoxy) is 1. The quantitative estimate of drug-likeness (QED) is 0.243. The van der Waals surface area contributed by atoms with Crippen molar-refractivity contribution in [2.45, 2.75) is 13.8 Å². The molecule has 10 heavy (non-hydrogen) atoms. The fraction of sp³-hybridized carbons (Fsp3) is 0.400. The summed E-state index contributed by atoms with van der Waals surface area (Å²) in [5.41, 5.74) is 0. The summed E-state index contributed by atoms with van der Waals surface area (Å²) < 4.78 is 3.88. The Kier molecular flexibility index (Phi) is 6.19. The van der Waals surface area contributed by atoms with Gasteiger partial charge >= 0.3 is 11.9 Å². The second kappa shape index (κ2) is 5.14. The minimum absolute atomic E-state index is 0. The van der Waals surface area contributed by atoms with E-state index in [1.165, 1.54) is 0 Å². The van der Waals surface area contributed by atoms with E-state index in [1.54, 1.807) is 0 Å². The number of hydrogen-bond acceptors (Lipinski definition) is 4. The Morgan fingerprint density at radius 2 is 1.50 bits per heavy atom. The third kappa shape index (κ3) is 5.47. The van der Waals surface area contributed by atoms with E-state index >= 15 is 0 Å². The van der Waals surface area contributed by atoms with Crippen LogP contribution in [-0.4, -0.2) is 17.7 Å². The van der Waals surface area contributed by atoms with Gasteiger partial charge in [-0.1, -0.05) is 0 Å². The predicted molar refractivity (Wildman–Crippen MR) is 27.5 cm³/mol. The van der Waals surface area contributed by atoms with Crippen molar-refractivity contribution in [3.63, 3.8) is 0 Å². The Morgan fingerprint density at radius 3 is 1.60 bits per heavy atom. The average Bonchev–Trinajstić information content (AvgIpc) is 1.63. The molecule has 0 aromatic heterocycles. The van der Waals surface area contributed by atoms with Gasteiger partial charge < -0.3 is 4.74 Å². The van der Waals surface area contributed by atoms with Crippen molar-refractivity contribution in [2.75, 3.05) is 0 Å². The van der Waals surface area contributed by atoms with Crippen LogP contribution in [0.15, 0.2) is 0 Å². The topological polar surface area (TPSA) is 60.4 Å². The van der Waals surface area contributed by atoms with Gasteiger partial charge in [-0.05, 0) is 0 Å². The molecule has 0 atom stereocenters. The van der Waals surface area contributed by atoms with Gasteiger partial charge in [-0.2, -0.15) is 0 Å². The minimum Gasteiger partial charge on any atom is -0.387 e. The number of esters is 2. The number of carbonyl (C=O) groups excluding carboxylic acids is 3. The van der Waals surface area contributed by atoms with Crippen molar-refractivity contribution >= 4 is 17.7 Å². The molecule has 0 unspecified atom stereocenters. The maximum Gasteiger partial charge on any atom is 0.381 e. The second-order valence-corrected chi connectivity index (χ2v) is 1.44. The van der Waals surface area contributed by atoms with E-state index < -0.39 is 17.7 Å². The van der Waals surface area contributed by atoms with Crippen LogP contribution in [0.1, 0.15) is 13.8 Å². The summed E-state index contributed by atoms with van der Waals surface area (Å²) in [6, 6.07) is 0. The smallest absolute Gasteiger partial charge is 0.381 e. The van der Waals surface area contributed by atoms with Crippen molar-refractivity contribution in [1.29, 1.82) is 0 Å². The van der Waals surface area contributed by atoms with Gasteiger partial charge in [-0.3, -0.25) is 9.59 Å². The van der Waals surface area contributed by atoms with Gasteiger partial charge in [0, 0.05) is 30.9 Å². The molecule has 0 N–H and O–H groups in total. The van der Waals surface area contributed by atoms with E-state index in [1.807, 2.05) is 0 Å². The summed E-state index contributed by atoms with van der Waals surface area (Å²) in [6.07, 6.45) is 0. The first kappa shape index (κ1) is 12.0. The van der Waals surface area contributed by atoms with Crippen LogP contribution in [0.3, 0.4) is 0 Å². The van der Waals surface area contributed by atoms with Gasteiger partial charge in [0.05, 0.1) is 0 Å². The molecule has 0 aliphatic rings. The Morgan fingerprint density at radius 1 is 1.10 bits per heavy atom. The van der Waals surface area contributed by atoms with Crippen LogP contribution in [0.5, 0.6) is 0 Å². The Hall–Kier alpha value is -0.671. The van der Waals surface area contributed by atoms with Crippen molar-refractivity contribution in [3.8, 4) is 0 Å². The van der Waals surface area contributed by atoms with Crippen molar-refractivity contribution in [1.82, 2.24) is 0 Å². The standard InChI is InChI=1S/C5H6O4.Mn/c1-3(6)5(8)9-4(2)7;/h1-2H3;. The summed E-state index contributed by atoms with van der Waals surface area (Å²) in [5.74, 6) is -2.65. The fourth-order valence-corrected chi connectivity index (χ4v) is 0.202. The van der Waals surface area contributed by atoms with Crippen LogP contribution >= 0.6 is 0 Å². The molecule has 0 bridgehead atoms. The van der Waals surface area contributed by atoms with E-state index in [0.717, 1.165) is 13.8 Å². The zero-order valence-corrected chi connectivity index (χ0v) is 6.69. The van der Waals surface area contributed by atoms with Gasteiger partial charge in [0.15, 0.2) is 0 Å². The molecule has 0 aliphatic heterocycles. The maximum atomic E-state index is 10.2. The summed E-state index contributed by atoms with van der Waals surface area (Å²) in [5, 5.41) is 0. The number of rotatable bonds is 1. The zero-order valence-electron chi connectivity index (χ0n) is 5.51. The second-order valence-electron chi connectivity index (χ2n) is 1.44. The average molecular weight is 185 g/mol. The van der Waals surface area contributed by atoms with Gasteiger partial charge in [-0.25, -0.2) is 4.79 Å². The molecule has 4 nitrogen and oxygen atoms in total. The van der Waals surface area contributed by atoms with Crippen LogP contribution < -0.4 is 0 Å². The molecule has 0 rings (SSSR count). The summed E-state index contributed by atoms with van der Waals surface area (Å²) in [7, 11) is 0. The minimum atomic E-state index is -1.11. The molecule has 57 valence electrons. The van der Waals surface area contributed by atoms with Gasteiger partial charge in [0.25, 0.3) is 0 Å². The van der Waals surface area contributed by atoms with Crippen LogP contribution in [0.2, 0.25) is 0 Å². The Balaban J connectivity index is 0.